The molecule has 2 heteroatoms. The Hall–Kier alpha value is -2.35. The number of benzene rings is 3. The summed E-state index contributed by atoms with van der Waals surface area (Å²) in [5.41, 5.74) is 0.304. The zero-order valence-electron chi connectivity index (χ0n) is 14.6. The Kier molecular flexibility index (Phi) is 4.57. The molecule has 0 N–H and O–H groups in total. The average Bonchev–Trinajstić information content (AvgIpc) is 2.64. The fourth-order valence-corrected chi connectivity index (χ4v) is 3.45. The topological polar surface area (TPSA) is 26.3 Å². The van der Waals surface area contributed by atoms with Gasteiger partial charge in [0.2, 0.25) is 0 Å². The van der Waals surface area contributed by atoms with Crippen LogP contribution in [0, 0.1) is 0 Å². The van der Waals surface area contributed by atoms with Crippen LogP contribution in [0.25, 0.3) is 21.5 Å². The lowest BCUT2D eigenvalue weighted by Gasteiger charge is -2.30. The van der Waals surface area contributed by atoms with Gasteiger partial charge in [-0.25, -0.2) is 4.79 Å². The maximum Gasteiger partial charge on any atom is 0.339 e. The molecule has 0 unspecified atom stereocenters. The summed E-state index contributed by atoms with van der Waals surface area (Å²) < 4.78 is 6.05. The second kappa shape index (κ2) is 6.64. The van der Waals surface area contributed by atoms with Crippen molar-refractivity contribution in [3.63, 3.8) is 0 Å². The Morgan fingerprint density at radius 3 is 1.75 bits per heavy atom. The van der Waals surface area contributed by atoms with Gasteiger partial charge in [0.05, 0.1) is 5.56 Å². The second-order valence-electron chi connectivity index (χ2n) is 6.33. The highest BCUT2D eigenvalue weighted by Gasteiger charge is 2.30. The van der Waals surface area contributed by atoms with E-state index in [2.05, 4.69) is 26.8 Å². The number of carbonyl (C=O) groups excluding carboxylic acids is 1. The molecule has 124 valence electrons. The third-order valence-electron chi connectivity index (χ3n) is 5.22. The first-order valence-corrected chi connectivity index (χ1v) is 8.78. The maximum atomic E-state index is 13.1. The molecule has 2 nitrogen and oxygen atoms in total. The summed E-state index contributed by atoms with van der Waals surface area (Å²) in [6, 6.07) is 18.2. The van der Waals surface area contributed by atoms with Gasteiger partial charge in [-0.05, 0) is 46.9 Å². The molecule has 0 heterocycles. The minimum absolute atomic E-state index is 0.214. The van der Waals surface area contributed by atoms with Crippen LogP contribution in [0.2, 0.25) is 0 Å². The van der Waals surface area contributed by atoms with E-state index in [9.17, 15) is 4.79 Å². The van der Waals surface area contributed by atoms with Crippen LogP contribution in [0.4, 0.5) is 0 Å². The molecular weight excluding hydrogens is 296 g/mol. The molecule has 0 bridgehead atoms. The van der Waals surface area contributed by atoms with Crippen molar-refractivity contribution in [1.29, 1.82) is 0 Å². The molecule has 0 radical (unpaired) electrons. The molecule has 24 heavy (non-hydrogen) atoms. The van der Waals surface area contributed by atoms with Crippen LogP contribution in [0.1, 0.15) is 50.4 Å². The van der Waals surface area contributed by atoms with Crippen LogP contribution in [0.15, 0.2) is 54.6 Å². The van der Waals surface area contributed by atoms with E-state index >= 15 is 0 Å². The van der Waals surface area contributed by atoms with Gasteiger partial charge in [-0.1, -0.05) is 69.3 Å². The molecular formula is C22H24O2. The molecule has 0 fully saturated rings. The summed E-state index contributed by atoms with van der Waals surface area (Å²) in [6.45, 7) is 6.25. The first-order chi connectivity index (χ1) is 11.6. The molecule has 0 aliphatic rings. The van der Waals surface area contributed by atoms with Crippen molar-refractivity contribution in [2.45, 2.75) is 45.6 Å². The van der Waals surface area contributed by atoms with Crippen LogP contribution in [-0.2, 0) is 4.74 Å². The number of hydrogen-bond donors (Lipinski definition) is 0. The maximum absolute atomic E-state index is 13.1. The molecule has 0 aromatic heterocycles. The van der Waals surface area contributed by atoms with Gasteiger partial charge in [-0.3, -0.25) is 0 Å². The highest BCUT2D eigenvalue weighted by atomic mass is 16.6. The van der Waals surface area contributed by atoms with Gasteiger partial charge < -0.3 is 4.74 Å². The molecule has 0 amide bonds. The molecule has 3 aromatic carbocycles. The van der Waals surface area contributed by atoms with E-state index in [1.165, 1.54) is 0 Å². The summed E-state index contributed by atoms with van der Waals surface area (Å²) in [4.78, 5) is 13.1. The van der Waals surface area contributed by atoms with Crippen molar-refractivity contribution in [2.75, 3.05) is 0 Å². The number of fused-ring (bicyclic) bond motifs is 2. The van der Waals surface area contributed by atoms with Crippen molar-refractivity contribution in [3.8, 4) is 0 Å². The largest absolute Gasteiger partial charge is 0.455 e. The van der Waals surface area contributed by atoms with Gasteiger partial charge >= 0.3 is 5.97 Å². The number of rotatable bonds is 5. The summed E-state index contributed by atoms with van der Waals surface area (Å²) in [6.07, 6.45) is 2.48. The Labute approximate surface area is 143 Å². The summed E-state index contributed by atoms with van der Waals surface area (Å²) >= 11 is 0. The third kappa shape index (κ3) is 2.77. The third-order valence-corrected chi connectivity index (χ3v) is 5.22. The van der Waals surface area contributed by atoms with Gasteiger partial charge in [0.1, 0.15) is 5.60 Å². The Bertz CT molecular complexity index is 813. The Morgan fingerprint density at radius 1 is 0.833 bits per heavy atom. The number of carbonyl (C=O) groups is 1. The molecule has 0 spiro atoms. The molecule has 3 rings (SSSR count). The summed E-state index contributed by atoms with van der Waals surface area (Å²) in [5.74, 6) is -0.214. The van der Waals surface area contributed by atoms with Crippen molar-refractivity contribution in [2.24, 2.45) is 0 Å². The van der Waals surface area contributed by atoms with Crippen molar-refractivity contribution >= 4 is 27.5 Å². The highest BCUT2D eigenvalue weighted by Crippen LogP contribution is 2.32. The fraction of sp³-hybridized carbons (Fsp3) is 0.318. The number of esters is 1. The Balaban J connectivity index is 2.20. The van der Waals surface area contributed by atoms with Crippen molar-refractivity contribution < 1.29 is 9.53 Å². The van der Waals surface area contributed by atoms with E-state index in [1.54, 1.807) is 0 Å². The van der Waals surface area contributed by atoms with Crippen LogP contribution < -0.4 is 0 Å². The normalized spacial score (nSPS) is 11.8. The molecule has 0 aliphatic heterocycles. The van der Waals surface area contributed by atoms with E-state index in [4.69, 9.17) is 4.74 Å². The SMILES string of the molecule is CCC(CC)(CC)OC(=O)c1c2ccccc2cc2ccccc12. The van der Waals surface area contributed by atoms with Gasteiger partial charge in [0.15, 0.2) is 0 Å². The van der Waals surface area contributed by atoms with Crippen molar-refractivity contribution in [1.82, 2.24) is 0 Å². The molecule has 3 aromatic rings. The number of ether oxygens (including phenoxy) is 1. The van der Waals surface area contributed by atoms with E-state index in [0.717, 1.165) is 40.8 Å². The molecule has 0 saturated carbocycles. The van der Waals surface area contributed by atoms with Crippen LogP contribution >= 0.6 is 0 Å². The molecule has 0 atom stereocenters. The zero-order chi connectivity index (χ0) is 17.2. The quantitative estimate of drug-likeness (QED) is 0.418. The number of hydrogen-bond acceptors (Lipinski definition) is 2. The van der Waals surface area contributed by atoms with Gasteiger partial charge in [0.25, 0.3) is 0 Å². The monoisotopic (exact) mass is 320 g/mol. The lowest BCUT2D eigenvalue weighted by Crippen LogP contribution is -2.33. The highest BCUT2D eigenvalue weighted by molar-refractivity contribution is 6.16. The predicted octanol–water partition coefficient (Wildman–Crippen LogP) is 6.12. The minimum Gasteiger partial charge on any atom is -0.455 e. The van der Waals surface area contributed by atoms with Crippen LogP contribution in [-0.4, -0.2) is 11.6 Å². The average molecular weight is 320 g/mol. The van der Waals surface area contributed by atoms with Crippen molar-refractivity contribution in [3.05, 3.63) is 60.2 Å². The standard InChI is InChI=1S/C22H24O2/c1-4-22(5-2,6-3)24-21(23)20-18-13-9-7-11-16(18)15-17-12-8-10-14-19(17)20/h7-15H,4-6H2,1-3H3. The first-order valence-electron chi connectivity index (χ1n) is 8.78. The van der Waals surface area contributed by atoms with Gasteiger partial charge in [-0.15, -0.1) is 0 Å². The zero-order valence-corrected chi connectivity index (χ0v) is 14.6. The van der Waals surface area contributed by atoms with E-state index in [1.807, 2.05) is 48.5 Å². The van der Waals surface area contributed by atoms with E-state index in [0.29, 0.717) is 5.56 Å². The predicted molar refractivity (Wildman–Crippen MR) is 100 cm³/mol. The second-order valence-corrected chi connectivity index (χ2v) is 6.33. The Morgan fingerprint density at radius 2 is 1.29 bits per heavy atom. The summed E-state index contributed by atoms with van der Waals surface area (Å²) in [5, 5.41) is 4.05. The smallest absolute Gasteiger partial charge is 0.339 e. The van der Waals surface area contributed by atoms with E-state index < -0.39 is 0 Å². The molecule has 0 aliphatic carbocycles. The van der Waals surface area contributed by atoms with Crippen LogP contribution in [0.3, 0.4) is 0 Å². The van der Waals surface area contributed by atoms with Gasteiger partial charge in [0, 0.05) is 0 Å². The van der Waals surface area contributed by atoms with E-state index in [-0.39, 0.29) is 11.6 Å². The van der Waals surface area contributed by atoms with Gasteiger partial charge in [-0.2, -0.15) is 0 Å². The summed E-state index contributed by atoms with van der Waals surface area (Å²) in [7, 11) is 0. The van der Waals surface area contributed by atoms with Crippen LogP contribution in [0.5, 0.6) is 0 Å². The first kappa shape index (κ1) is 16.5. The fourth-order valence-electron chi connectivity index (χ4n) is 3.45. The minimum atomic E-state index is -0.380. The molecule has 0 saturated heterocycles. The lowest BCUT2D eigenvalue weighted by atomic mass is 9.93. The lowest BCUT2D eigenvalue weighted by molar-refractivity contribution is -0.0245.